The van der Waals surface area contributed by atoms with Gasteiger partial charge in [0.15, 0.2) is 0 Å². The number of non-ortho nitro benzene ring substituents is 5. The van der Waals surface area contributed by atoms with Crippen LogP contribution in [0.5, 0.6) is 0 Å². The molecule has 520 valence electrons. The van der Waals surface area contributed by atoms with Crippen LogP contribution in [0.1, 0.15) is 66.7 Å². The molecule has 44 nitrogen and oxygen atoms in total. The Morgan fingerprint density at radius 3 is 1.18 bits per heavy atom. The zero-order valence-electron chi connectivity index (χ0n) is 52.0. The van der Waals surface area contributed by atoms with E-state index in [-0.39, 0.29) is 66.1 Å². The van der Waals surface area contributed by atoms with Crippen LogP contribution in [0.2, 0.25) is 0 Å². The molecule has 1 saturated heterocycles. The van der Waals surface area contributed by atoms with E-state index in [1.165, 1.54) is 6.92 Å². The molecule has 0 spiro atoms. The molecule has 97 heavy (non-hydrogen) atoms. The Hall–Kier alpha value is -11.5. The van der Waals surface area contributed by atoms with Gasteiger partial charge < -0.3 is 27.1 Å². The van der Waals surface area contributed by atoms with Crippen LogP contribution in [0, 0.1) is 113 Å². The lowest BCUT2D eigenvalue weighted by molar-refractivity contribution is -0.393. The normalized spacial score (nSPS) is 18.7. The minimum absolute atomic E-state index is 0.00632. The van der Waals surface area contributed by atoms with E-state index >= 15 is 0 Å². The number of benzene rings is 5. The van der Waals surface area contributed by atoms with E-state index in [4.69, 9.17) is 0 Å². The Kier molecular flexibility index (Phi) is 26.6. The summed E-state index contributed by atoms with van der Waals surface area (Å²) in [6, 6.07) is 8.93. The zero-order valence-corrected chi connectivity index (χ0v) is 52.0. The van der Waals surface area contributed by atoms with E-state index < -0.39 is 155 Å². The van der Waals surface area contributed by atoms with Gasteiger partial charge in [0, 0.05) is 48.5 Å². The first kappa shape index (κ1) is 74.5. The molecule has 0 aromatic heterocycles. The van der Waals surface area contributed by atoms with Crippen LogP contribution in [0.4, 0.5) is 85.3 Å². The van der Waals surface area contributed by atoms with Crippen LogP contribution < -0.4 is 75.5 Å². The van der Waals surface area contributed by atoms with E-state index in [1.54, 1.807) is 12.2 Å². The predicted molar refractivity (Wildman–Crippen MR) is 348 cm³/mol. The molecule has 6 rings (SSSR count). The molecular formula is C53H68N24O20. The summed E-state index contributed by atoms with van der Waals surface area (Å²) in [4.78, 5) is 113. The Bertz CT molecular complexity index is 3770. The van der Waals surface area contributed by atoms with Crippen molar-refractivity contribution in [1.29, 1.82) is 0 Å². The van der Waals surface area contributed by atoms with Crippen LogP contribution in [-0.4, -0.2) is 105 Å². The fourth-order valence-corrected chi connectivity index (χ4v) is 9.91. The Morgan fingerprint density at radius 1 is 0.454 bits per heavy atom. The highest BCUT2D eigenvalue weighted by Gasteiger charge is 2.38. The second kappa shape index (κ2) is 34.6. The molecule has 0 saturated carbocycles. The number of nitro benzene ring substituents is 10. The van der Waals surface area contributed by atoms with Crippen LogP contribution in [0.25, 0.3) is 0 Å². The van der Waals surface area contributed by atoms with Crippen molar-refractivity contribution >= 4 is 85.3 Å². The second-order valence-corrected chi connectivity index (χ2v) is 22.5. The molecule has 0 amide bonds. The second-order valence-electron chi connectivity index (χ2n) is 22.5. The minimum Gasteiger partial charge on any atom is -0.315 e. The number of hydrogen-bond acceptors (Lipinski definition) is 34. The van der Waals surface area contributed by atoms with E-state index in [0.717, 1.165) is 72.8 Å². The fraction of sp³-hybridized carbons (Fsp3) is 0.396. The van der Waals surface area contributed by atoms with Gasteiger partial charge in [0.05, 0.1) is 110 Å². The summed E-state index contributed by atoms with van der Waals surface area (Å²) in [6.07, 6.45) is -0.236. The molecule has 1 heterocycles. The van der Waals surface area contributed by atoms with Crippen molar-refractivity contribution in [2.24, 2.45) is 11.8 Å². The molecule has 5 aromatic rings. The first-order valence-electron chi connectivity index (χ1n) is 29.3. The van der Waals surface area contributed by atoms with Crippen LogP contribution >= 0.6 is 0 Å². The Balaban J connectivity index is 1.61. The third-order valence-electron chi connectivity index (χ3n) is 14.7. The highest BCUT2D eigenvalue weighted by atomic mass is 16.7. The highest BCUT2D eigenvalue weighted by molar-refractivity contribution is 5.68. The van der Waals surface area contributed by atoms with Crippen LogP contribution in [-0.2, 0) is 0 Å². The van der Waals surface area contributed by atoms with Crippen LogP contribution in [0.15, 0.2) is 103 Å². The molecule has 44 heteroatoms. The van der Waals surface area contributed by atoms with E-state index in [9.17, 15) is 101 Å². The van der Waals surface area contributed by atoms with Crippen molar-refractivity contribution < 1.29 is 49.2 Å². The molecule has 1 aliphatic heterocycles. The highest BCUT2D eigenvalue weighted by Crippen LogP contribution is 2.34. The first-order chi connectivity index (χ1) is 45.9. The van der Waals surface area contributed by atoms with Gasteiger partial charge in [-0.2, -0.15) is 0 Å². The van der Waals surface area contributed by atoms with E-state index in [2.05, 4.69) is 75.5 Å². The molecule has 0 bridgehead atoms. The molecular weight excluding hydrogens is 1290 g/mol. The lowest BCUT2D eigenvalue weighted by Crippen LogP contribution is -2.71. The summed E-state index contributed by atoms with van der Waals surface area (Å²) >= 11 is 0. The molecule has 0 aliphatic carbocycles. The van der Waals surface area contributed by atoms with E-state index in [1.807, 2.05) is 27.7 Å². The minimum atomic E-state index is -1.48. The third kappa shape index (κ3) is 21.2. The van der Waals surface area contributed by atoms with Crippen LogP contribution in [0.3, 0.4) is 0 Å². The first-order valence-corrected chi connectivity index (χ1v) is 29.3. The number of hydrazine groups is 5. The average molecular weight is 1360 g/mol. The molecule has 8 atom stereocenters. The number of rotatable bonds is 33. The largest absolute Gasteiger partial charge is 0.315 e. The van der Waals surface area contributed by atoms with E-state index in [0.29, 0.717) is 31.0 Å². The summed E-state index contributed by atoms with van der Waals surface area (Å²) in [5.74, 6) is -0.0645. The van der Waals surface area contributed by atoms with Crippen molar-refractivity contribution in [2.45, 2.75) is 116 Å². The van der Waals surface area contributed by atoms with Gasteiger partial charge in [-0.05, 0) is 87.7 Å². The van der Waals surface area contributed by atoms with Gasteiger partial charge in [0.25, 0.3) is 28.4 Å². The summed E-state index contributed by atoms with van der Waals surface area (Å²) in [7, 11) is 0. The third-order valence-corrected chi connectivity index (χ3v) is 14.7. The quantitative estimate of drug-likeness (QED) is 0.00858. The maximum atomic E-state index is 12.6. The number of anilines is 5. The number of nitrogens with one attached hydrogen (secondary N) is 14. The lowest BCUT2D eigenvalue weighted by Gasteiger charge is -2.41. The predicted octanol–water partition coefficient (Wildman–Crippen LogP) is 7.14. The van der Waals surface area contributed by atoms with Crippen molar-refractivity contribution in [3.05, 3.63) is 204 Å². The molecule has 1 fully saturated rings. The summed E-state index contributed by atoms with van der Waals surface area (Å²) in [5, 5.41) is 135. The van der Waals surface area contributed by atoms with Gasteiger partial charge in [-0.15, -0.1) is 0 Å². The lowest BCUT2D eigenvalue weighted by atomic mass is 9.99. The standard InChI is InChI=1S/C53H68N24O20/c1-29(2)9-6-7-11-49(63-58-37-17-12-32(68(78)79)24-44(37)73(88)89)56-42-10-8-22-54-51(65-60-39-19-14-34(70(82)83)26-46(39)75(92)93)43(23-30(3)4)57-53(67-62-41-21-16-36(72(86)87)28-48(41)77(96)97)50(64-59-38-18-13-33(69(80)81)25-45(38)74(90)91)31(5)55-52(42)66-61-40-20-15-35(71(84)85)27-47(40)76(94)95/h7,11-21,24-31,42-43,49-67H,6,8-10,22-23H2,1-5H3/b11-7+/t31-,42-,43-,49?,50?,51?,52?,53?/m0/s1. The SMILES string of the molecule is CC(C)CC/C=C/C(NNc1ccc([N+](=O)[O-])cc1[N+](=O)[O-])N[C@H]1CCCNC(NNc2ccc([N+](=O)[O-])cc2[N+](=O)[O-])[C@H](CC(C)C)NC(NNc2ccc([N+](=O)[O-])cc2[N+](=O)[O-])C(NNc2ccc([N+](=O)[O-])cc2[N+](=O)[O-])[C@H](C)NC1NNc1ccc([N+](=O)[O-])cc1[N+](=O)[O-]. The summed E-state index contributed by atoms with van der Waals surface area (Å²) in [6.45, 7) is 9.10. The number of nitrogens with zero attached hydrogens (tertiary/aromatic N) is 10. The van der Waals surface area contributed by atoms with Gasteiger partial charge in [-0.3, -0.25) is 122 Å². The monoisotopic (exact) mass is 1360 g/mol. The zero-order chi connectivity index (χ0) is 71.4. The van der Waals surface area contributed by atoms with Crippen molar-refractivity contribution in [1.82, 2.24) is 48.4 Å². The fourth-order valence-electron chi connectivity index (χ4n) is 9.91. The maximum absolute atomic E-state index is 12.6. The molecule has 5 aromatic carbocycles. The maximum Gasteiger partial charge on any atom is 0.300 e. The van der Waals surface area contributed by atoms with Gasteiger partial charge in [0.1, 0.15) is 28.4 Å². The summed E-state index contributed by atoms with van der Waals surface area (Å²) in [5.41, 5.74) is 20.2. The van der Waals surface area contributed by atoms with Gasteiger partial charge in [-0.25, -0.2) is 27.1 Å². The van der Waals surface area contributed by atoms with Crippen molar-refractivity contribution in [3.63, 3.8) is 0 Å². The Labute approximate surface area is 546 Å². The molecule has 14 N–H and O–H groups in total. The number of hydrogen-bond donors (Lipinski definition) is 14. The molecule has 1 aliphatic rings. The van der Waals surface area contributed by atoms with Gasteiger partial charge in [0.2, 0.25) is 0 Å². The van der Waals surface area contributed by atoms with Crippen molar-refractivity contribution in [2.75, 3.05) is 33.7 Å². The smallest absolute Gasteiger partial charge is 0.300 e. The topological polar surface area (TPSA) is 600 Å². The van der Waals surface area contributed by atoms with Gasteiger partial charge >= 0.3 is 28.4 Å². The molecule has 0 radical (unpaired) electrons. The number of nitro groups is 10. The molecule has 5 unspecified atom stereocenters. The van der Waals surface area contributed by atoms with Gasteiger partial charge in [-0.1, -0.05) is 39.8 Å². The summed E-state index contributed by atoms with van der Waals surface area (Å²) < 4.78 is 0. The average Bonchev–Trinajstić information content (AvgIpc) is 1.46. The number of allylic oxidation sites excluding steroid dienone is 1. The van der Waals surface area contributed by atoms with Crippen molar-refractivity contribution in [3.8, 4) is 0 Å². The Morgan fingerprint density at radius 2 is 0.814 bits per heavy atom.